The largest absolute Gasteiger partial charge is 0.496 e. The predicted octanol–water partition coefficient (Wildman–Crippen LogP) is 4.32. The fraction of sp³-hybridized carbons (Fsp3) is 0.292. The Bertz CT molecular complexity index is 1080. The van der Waals surface area contributed by atoms with Crippen LogP contribution in [0.3, 0.4) is 0 Å². The van der Waals surface area contributed by atoms with Crippen molar-refractivity contribution >= 4 is 35.9 Å². The van der Waals surface area contributed by atoms with Gasteiger partial charge in [-0.05, 0) is 43.7 Å². The van der Waals surface area contributed by atoms with Crippen LogP contribution < -0.4 is 15.4 Å². The summed E-state index contributed by atoms with van der Waals surface area (Å²) < 4.78 is 15.7. The van der Waals surface area contributed by atoms with Crippen LogP contribution in [0.1, 0.15) is 34.1 Å². The number of carbonyl (C=O) groups is 1. The number of rotatable bonds is 8. The van der Waals surface area contributed by atoms with Gasteiger partial charge in [-0.1, -0.05) is 23.8 Å². The van der Waals surface area contributed by atoms with Crippen LogP contribution in [0.5, 0.6) is 5.75 Å². The van der Waals surface area contributed by atoms with Crippen LogP contribution in [-0.2, 0) is 17.8 Å². The molecule has 2 aromatic carbocycles. The molecule has 0 fully saturated rings. The first-order valence-electron chi connectivity index (χ1n) is 10.3. The van der Waals surface area contributed by atoms with Crippen molar-refractivity contribution in [2.75, 3.05) is 20.8 Å². The van der Waals surface area contributed by atoms with Crippen molar-refractivity contribution in [3.8, 4) is 17.2 Å². The van der Waals surface area contributed by atoms with Crippen LogP contribution >= 0.6 is 24.0 Å². The Hall–Kier alpha value is -3.08. The number of nitrogens with one attached hydrogen (secondary N) is 2. The normalized spacial score (nSPS) is 10.8. The zero-order valence-electron chi connectivity index (χ0n) is 19.2. The number of guanidine groups is 1. The van der Waals surface area contributed by atoms with Crippen LogP contribution in [0, 0.1) is 6.92 Å². The molecule has 8 nitrogen and oxygen atoms in total. The van der Waals surface area contributed by atoms with Crippen molar-refractivity contribution in [3.05, 3.63) is 71.1 Å². The Morgan fingerprint density at radius 3 is 2.55 bits per heavy atom. The number of aliphatic imine (C=N–C) groups is 1. The van der Waals surface area contributed by atoms with Gasteiger partial charge in [0, 0.05) is 12.1 Å². The SMILES string of the molecule is CCNC(=NCc1ccc(OC)c(C(=O)OC)c1)NCc1coc(-c2ccc(C)cc2)n1.I. The lowest BCUT2D eigenvalue weighted by atomic mass is 10.1. The van der Waals surface area contributed by atoms with Gasteiger partial charge in [-0.3, -0.25) is 0 Å². The van der Waals surface area contributed by atoms with Gasteiger partial charge >= 0.3 is 5.97 Å². The molecule has 33 heavy (non-hydrogen) atoms. The van der Waals surface area contributed by atoms with Crippen LogP contribution in [-0.4, -0.2) is 37.7 Å². The summed E-state index contributed by atoms with van der Waals surface area (Å²) in [6.07, 6.45) is 1.64. The Balaban J connectivity index is 0.00000385. The van der Waals surface area contributed by atoms with Gasteiger partial charge in [0.2, 0.25) is 5.89 Å². The number of carbonyl (C=O) groups excluding carboxylic acids is 1. The number of aromatic nitrogens is 1. The molecule has 3 rings (SSSR count). The first-order chi connectivity index (χ1) is 15.5. The van der Waals surface area contributed by atoms with Gasteiger partial charge in [0.15, 0.2) is 5.96 Å². The lowest BCUT2D eigenvalue weighted by Crippen LogP contribution is -2.36. The van der Waals surface area contributed by atoms with E-state index in [1.54, 1.807) is 18.4 Å². The van der Waals surface area contributed by atoms with E-state index in [0.29, 0.717) is 42.8 Å². The minimum absolute atomic E-state index is 0. The maximum Gasteiger partial charge on any atom is 0.341 e. The summed E-state index contributed by atoms with van der Waals surface area (Å²) in [5.41, 5.74) is 4.11. The fourth-order valence-electron chi connectivity index (χ4n) is 3.03. The zero-order chi connectivity index (χ0) is 22.9. The summed E-state index contributed by atoms with van der Waals surface area (Å²) in [6, 6.07) is 13.4. The molecule has 2 N–H and O–H groups in total. The van der Waals surface area contributed by atoms with Gasteiger partial charge < -0.3 is 24.5 Å². The van der Waals surface area contributed by atoms with Crippen LogP contribution in [0.4, 0.5) is 0 Å². The number of ether oxygens (including phenoxy) is 2. The first kappa shape index (κ1) is 26.2. The molecule has 9 heteroatoms. The van der Waals surface area contributed by atoms with Crippen molar-refractivity contribution in [3.63, 3.8) is 0 Å². The number of oxazole rings is 1. The van der Waals surface area contributed by atoms with Gasteiger partial charge in [-0.15, -0.1) is 24.0 Å². The molecule has 0 aliphatic carbocycles. The maximum absolute atomic E-state index is 12.0. The Kier molecular flexibility index (Phi) is 10.2. The van der Waals surface area contributed by atoms with E-state index in [2.05, 4.69) is 20.6 Å². The molecule has 0 bridgehead atoms. The van der Waals surface area contributed by atoms with Gasteiger partial charge in [-0.2, -0.15) is 0 Å². The average Bonchev–Trinajstić information content (AvgIpc) is 3.29. The van der Waals surface area contributed by atoms with Gasteiger partial charge in [0.1, 0.15) is 17.6 Å². The molecule has 0 saturated heterocycles. The third kappa shape index (κ3) is 7.21. The van der Waals surface area contributed by atoms with Gasteiger partial charge in [-0.25, -0.2) is 14.8 Å². The van der Waals surface area contributed by atoms with E-state index in [9.17, 15) is 4.79 Å². The minimum atomic E-state index is -0.451. The number of halogens is 1. The maximum atomic E-state index is 12.0. The summed E-state index contributed by atoms with van der Waals surface area (Å²) in [5, 5.41) is 6.46. The molecule has 3 aromatic rings. The number of methoxy groups -OCH3 is 2. The summed E-state index contributed by atoms with van der Waals surface area (Å²) in [4.78, 5) is 21.1. The molecule has 1 heterocycles. The third-order valence-electron chi connectivity index (χ3n) is 4.72. The number of hydrogen-bond acceptors (Lipinski definition) is 6. The molecule has 176 valence electrons. The number of esters is 1. The highest BCUT2D eigenvalue weighted by Gasteiger charge is 2.13. The molecular formula is C24H29IN4O4. The Morgan fingerprint density at radius 1 is 1.12 bits per heavy atom. The summed E-state index contributed by atoms with van der Waals surface area (Å²) in [5.74, 6) is 1.22. The van der Waals surface area contributed by atoms with Crippen molar-refractivity contribution in [2.45, 2.75) is 26.9 Å². The average molecular weight is 564 g/mol. The van der Waals surface area contributed by atoms with Gasteiger partial charge in [0.05, 0.1) is 33.0 Å². The van der Waals surface area contributed by atoms with E-state index in [1.807, 2.05) is 44.2 Å². The second-order valence-electron chi connectivity index (χ2n) is 7.08. The molecule has 0 spiro atoms. The molecule has 0 atom stereocenters. The van der Waals surface area contributed by atoms with E-state index in [-0.39, 0.29) is 24.0 Å². The van der Waals surface area contributed by atoms with Crippen molar-refractivity contribution in [1.82, 2.24) is 15.6 Å². The second-order valence-corrected chi connectivity index (χ2v) is 7.08. The lowest BCUT2D eigenvalue weighted by molar-refractivity contribution is 0.0597. The third-order valence-corrected chi connectivity index (χ3v) is 4.72. The van der Waals surface area contributed by atoms with Crippen molar-refractivity contribution < 1.29 is 18.7 Å². The number of benzene rings is 2. The highest BCUT2D eigenvalue weighted by Crippen LogP contribution is 2.21. The standard InChI is InChI=1S/C24H28N4O4.HI/c1-5-25-24(26-13-17-8-11-21(30-3)20(12-17)23(29)31-4)27-14-19-15-32-22(28-19)18-9-6-16(2)7-10-18;/h6-12,15H,5,13-14H2,1-4H3,(H2,25,26,27);1H. The fourth-order valence-corrected chi connectivity index (χ4v) is 3.03. The summed E-state index contributed by atoms with van der Waals surface area (Å²) >= 11 is 0. The summed E-state index contributed by atoms with van der Waals surface area (Å²) in [7, 11) is 2.86. The van der Waals surface area contributed by atoms with Crippen molar-refractivity contribution in [2.24, 2.45) is 4.99 Å². The molecule has 1 aromatic heterocycles. The number of aryl methyl sites for hydroxylation is 1. The quantitative estimate of drug-likeness (QED) is 0.182. The van der Waals surface area contributed by atoms with E-state index in [1.165, 1.54) is 19.8 Å². The number of hydrogen-bond donors (Lipinski definition) is 2. The first-order valence-corrected chi connectivity index (χ1v) is 10.3. The topological polar surface area (TPSA) is 98.0 Å². The predicted molar refractivity (Wildman–Crippen MR) is 138 cm³/mol. The number of nitrogens with zero attached hydrogens (tertiary/aromatic N) is 2. The van der Waals surface area contributed by atoms with Crippen LogP contribution in [0.15, 0.2) is 58.1 Å². The second kappa shape index (κ2) is 12.8. The molecule has 0 saturated carbocycles. The van der Waals surface area contributed by atoms with Gasteiger partial charge in [0.25, 0.3) is 0 Å². The zero-order valence-corrected chi connectivity index (χ0v) is 21.5. The molecular weight excluding hydrogens is 535 g/mol. The van der Waals surface area contributed by atoms with Crippen molar-refractivity contribution in [1.29, 1.82) is 0 Å². The lowest BCUT2D eigenvalue weighted by Gasteiger charge is -2.11. The van der Waals surface area contributed by atoms with Crippen LogP contribution in [0.2, 0.25) is 0 Å². The molecule has 0 unspecified atom stereocenters. The minimum Gasteiger partial charge on any atom is -0.496 e. The van der Waals surface area contributed by atoms with E-state index in [4.69, 9.17) is 13.9 Å². The van der Waals surface area contributed by atoms with Crippen LogP contribution in [0.25, 0.3) is 11.5 Å². The summed E-state index contributed by atoms with van der Waals surface area (Å²) in [6.45, 7) is 5.56. The van der Waals surface area contributed by atoms with E-state index < -0.39 is 5.97 Å². The molecule has 0 amide bonds. The monoisotopic (exact) mass is 564 g/mol. The highest BCUT2D eigenvalue weighted by molar-refractivity contribution is 14.0. The molecule has 0 radical (unpaired) electrons. The highest BCUT2D eigenvalue weighted by atomic mass is 127. The Labute approximate surface area is 210 Å². The Morgan fingerprint density at radius 2 is 1.88 bits per heavy atom. The molecule has 0 aliphatic heterocycles. The smallest absolute Gasteiger partial charge is 0.341 e. The molecule has 0 aliphatic rings. The van der Waals surface area contributed by atoms with E-state index >= 15 is 0 Å². The van der Waals surface area contributed by atoms with E-state index in [0.717, 1.165) is 16.8 Å².